The fraction of sp³-hybridized carbons (Fsp3) is 0.429. The van der Waals surface area contributed by atoms with Crippen molar-refractivity contribution < 1.29 is 27.6 Å². The molecule has 2 aliphatic rings. The molecule has 3 aromatic rings. The van der Waals surface area contributed by atoms with Crippen molar-refractivity contribution in [2.75, 3.05) is 5.32 Å². The minimum absolute atomic E-state index is 0.00736. The third-order valence-electron chi connectivity index (χ3n) is 7.87. The van der Waals surface area contributed by atoms with Gasteiger partial charge < -0.3 is 26.3 Å². The Morgan fingerprint density at radius 3 is 2.50 bits per heavy atom. The van der Waals surface area contributed by atoms with Gasteiger partial charge in [-0.2, -0.15) is 23.5 Å². The molecule has 2 saturated carbocycles. The highest BCUT2D eigenvalue weighted by Crippen LogP contribution is 2.36. The number of nitrogens with two attached hydrogens (primary N) is 1. The molecule has 0 spiro atoms. The zero-order valence-electron chi connectivity index (χ0n) is 23.5. The molecule has 2 heterocycles. The lowest BCUT2D eigenvalue weighted by molar-refractivity contribution is -0.141. The summed E-state index contributed by atoms with van der Waals surface area (Å²) in [6.07, 6.45) is 0.897. The average molecular weight is 632 g/mol. The number of hydrogen-bond acceptors (Lipinski definition) is 7. The molecule has 2 atom stereocenters. The van der Waals surface area contributed by atoms with E-state index in [1.165, 1.54) is 29.8 Å². The van der Waals surface area contributed by atoms with Crippen molar-refractivity contribution in [2.45, 2.75) is 63.0 Å². The third kappa shape index (κ3) is 6.56. The van der Waals surface area contributed by atoms with E-state index in [-0.39, 0.29) is 63.3 Å². The Morgan fingerprint density at radius 2 is 1.86 bits per heavy atom. The topological polar surface area (TPSA) is 173 Å². The summed E-state index contributed by atoms with van der Waals surface area (Å²) < 4.78 is 42.8. The number of amides is 3. The first kappa shape index (κ1) is 31.0. The van der Waals surface area contributed by atoms with E-state index in [0.29, 0.717) is 19.3 Å². The van der Waals surface area contributed by atoms with Gasteiger partial charge in [0.25, 0.3) is 11.8 Å². The van der Waals surface area contributed by atoms with E-state index in [1.807, 2.05) is 0 Å². The molecule has 232 valence electrons. The molecule has 5 N–H and O–H groups in total. The molecular weight excluding hydrogens is 603 g/mol. The van der Waals surface area contributed by atoms with E-state index >= 15 is 0 Å². The second kappa shape index (κ2) is 12.3. The smallest absolute Gasteiger partial charge is 0.353 e. The maximum absolute atomic E-state index is 13.6. The molecule has 5 rings (SSSR count). The lowest BCUT2D eigenvalue weighted by atomic mass is 9.86. The second-order valence-corrected chi connectivity index (χ2v) is 11.4. The first-order valence-electron chi connectivity index (χ1n) is 13.9. The summed E-state index contributed by atoms with van der Waals surface area (Å²) in [5.74, 6) is -1.38. The summed E-state index contributed by atoms with van der Waals surface area (Å²) in [5, 5.41) is 20.9. The number of carbonyl (C=O) groups excluding carboxylic acids is 3. The highest BCUT2D eigenvalue weighted by Gasteiger charge is 2.39. The van der Waals surface area contributed by atoms with Gasteiger partial charge >= 0.3 is 6.18 Å². The van der Waals surface area contributed by atoms with E-state index in [0.717, 1.165) is 29.9 Å². The van der Waals surface area contributed by atoms with Gasteiger partial charge in [0, 0.05) is 43.0 Å². The lowest BCUT2D eigenvalue weighted by Gasteiger charge is -2.37. The van der Waals surface area contributed by atoms with Crippen LogP contribution in [-0.4, -0.2) is 55.2 Å². The normalized spacial score (nSPS) is 21.3. The Labute approximate surface area is 254 Å². The van der Waals surface area contributed by atoms with E-state index < -0.39 is 30.2 Å². The maximum atomic E-state index is 13.6. The predicted octanol–water partition coefficient (Wildman–Crippen LogP) is 3.24. The number of anilines is 1. The van der Waals surface area contributed by atoms with Gasteiger partial charge in [-0.25, -0.2) is 4.98 Å². The van der Waals surface area contributed by atoms with Crippen molar-refractivity contribution in [3.05, 3.63) is 52.7 Å². The number of imidazole rings is 1. The van der Waals surface area contributed by atoms with Crippen LogP contribution in [0.1, 0.15) is 58.8 Å². The van der Waals surface area contributed by atoms with Crippen LogP contribution in [0.5, 0.6) is 0 Å². The van der Waals surface area contributed by atoms with Gasteiger partial charge in [0.2, 0.25) is 5.91 Å². The zero-order valence-corrected chi connectivity index (χ0v) is 24.2. The van der Waals surface area contributed by atoms with Crippen LogP contribution in [0.25, 0.3) is 11.3 Å². The number of benzene rings is 1. The van der Waals surface area contributed by atoms with Gasteiger partial charge in [-0.05, 0) is 50.3 Å². The highest BCUT2D eigenvalue weighted by atomic mass is 35.5. The first-order chi connectivity index (χ1) is 20.8. The van der Waals surface area contributed by atoms with Crippen molar-refractivity contribution in [3.63, 3.8) is 0 Å². The maximum Gasteiger partial charge on any atom is 0.435 e. The number of nitrogens with one attached hydrogen (secondary N) is 3. The van der Waals surface area contributed by atoms with Gasteiger partial charge in [-0.15, -0.1) is 0 Å². The minimum Gasteiger partial charge on any atom is -0.353 e. The summed E-state index contributed by atoms with van der Waals surface area (Å²) in [5.41, 5.74) is 4.74. The van der Waals surface area contributed by atoms with Crippen molar-refractivity contribution >= 4 is 35.0 Å². The van der Waals surface area contributed by atoms with Gasteiger partial charge in [-0.3, -0.25) is 19.1 Å². The van der Waals surface area contributed by atoms with Crippen LogP contribution in [-0.2, 0) is 24.6 Å². The number of hydrogen-bond donors (Lipinski definition) is 4. The van der Waals surface area contributed by atoms with Crippen LogP contribution in [0.3, 0.4) is 0 Å². The second-order valence-electron chi connectivity index (χ2n) is 11.0. The molecule has 0 saturated heterocycles. The largest absolute Gasteiger partial charge is 0.435 e. The Hall–Kier alpha value is -4.42. The molecule has 0 aliphatic heterocycles. The molecule has 2 aliphatic carbocycles. The number of aromatic nitrogens is 4. The van der Waals surface area contributed by atoms with Crippen LogP contribution in [0.4, 0.5) is 18.9 Å². The Kier molecular flexibility index (Phi) is 8.66. The molecule has 16 heteroatoms. The molecule has 3 amide bonds. The highest BCUT2D eigenvalue weighted by molar-refractivity contribution is 6.34. The summed E-state index contributed by atoms with van der Waals surface area (Å²) in [7, 11) is 1.38. The van der Waals surface area contributed by atoms with Gasteiger partial charge in [0.15, 0.2) is 11.5 Å². The number of nitrogens with zero attached hydrogens (tertiary/aromatic N) is 5. The van der Waals surface area contributed by atoms with Crippen LogP contribution < -0.4 is 21.7 Å². The number of rotatable bonds is 8. The molecule has 0 unspecified atom stereocenters. The Balaban J connectivity index is 1.18. The van der Waals surface area contributed by atoms with Crippen LogP contribution >= 0.6 is 11.6 Å². The molecule has 44 heavy (non-hydrogen) atoms. The molecular formula is C28H29ClF3N9O3. The number of halogens is 4. The monoisotopic (exact) mass is 631 g/mol. The SMILES string of the molecule is Cn1c(-c2cn(CC#N)nc2C(F)(F)F)cnc1C(=O)Nc1ccc(C(=O)NC2CC(NC(=O)[C@H]3CC[C@@H](N)C3)C2)c(Cl)c1. The van der Waals surface area contributed by atoms with Crippen molar-refractivity contribution in [1.29, 1.82) is 5.26 Å². The van der Waals surface area contributed by atoms with E-state index in [9.17, 15) is 27.6 Å². The number of nitriles is 1. The quantitative estimate of drug-likeness (QED) is 0.295. The standard InChI is InChI=1S/C28H29ClF3N9O3/c1-40-22(20-13-41(7-6-33)39-23(20)28(30,31)32)12-35-24(40)27(44)36-16-4-5-19(21(29)11-16)26(43)38-18-9-17(10-18)37-25(42)14-2-3-15(34)8-14/h4-5,11-15,17-18H,2-3,7-10,34H2,1H3,(H,36,44)(H,37,42)(H,38,43)/t14-,15+,17?,18?/m0/s1. The summed E-state index contributed by atoms with van der Waals surface area (Å²) in [6.45, 7) is -0.390. The molecule has 0 bridgehead atoms. The van der Waals surface area contributed by atoms with Gasteiger partial charge in [0.05, 0.1) is 34.1 Å². The van der Waals surface area contributed by atoms with Gasteiger partial charge in [0.1, 0.15) is 6.54 Å². The van der Waals surface area contributed by atoms with Crippen LogP contribution in [0.2, 0.25) is 5.02 Å². The average Bonchev–Trinajstić information content (AvgIpc) is 3.65. The van der Waals surface area contributed by atoms with Crippen LogP contribution in [0.15, 0.2) is 30.6 Å². The van der Waals surface area contributed by atoms with E-state index in [4.69, 9.17) is 22.6 Å². The van der Waals surface area contributed by atoms with E-state index in [1.54, 1.807) is 6.07 Å². The molecule has 1 aromatic carbocycles. The fourth-order valence-electron chi connectivity index (χ4n) is 5.50. The summed E-state index contributed by atoms with van der Waals surface area (Å²) >= 11 is 6.35. The number of alkyl halides is 3. The van der Waals surface area contributed by atoms with Crippen LogP contribution in [0, 0.1) is 17.2 Å². The van der Waals surface area contributed by atoms with Crippen molar-refractivity contribution in [3.8, 4) is 17.3 Å². The summed E-state index contributed by atoms with van der Waals surface area (Å²) in [6, 6.07) is 5.94. The fourth-order valence-corrected chi connectivity index (χ4v) is 5.76. The molecule has 2 aromatic heterocycles. The van der Waals surface area contributed by atoms with Gasteiger partial charge in [-0.1, -0.05) is 11.6 Å². The Bertz CT molecular complexity index is 1640. The first-order valence-corrected chi connectivity index (χ1v) is 14.2. The predicted molar refractivity (Wildman–Crippen MR) is 152 cm³/mol. The number of carbonyl (C=O) groups is 3. The molecule has 2 fully saturated rings. The van der Waals surface area contributed by atoms with Crippen molar-refractivity contribution in [1.82, 2.24) is 30.0 Å². The summed E-state index contributed by atoms with van der Waals surface area (Å²) in [4.78, 5) is 42.1. The lowest BCUT2D eigenvalue weighted by Crippen LogP contribution is -2.54. The van der Waals surface area contributed by atoms with E-state index in [2.05, 4.69) is 26.0 Å². The zero-order chi connectivity index (χ0) is 31.8. The Morgan fingerprint density at radius 1 is 1.14 bits per heavy atom. The molecule has 12 nitrogen and oxygen atoms in total. The third-order valence-corrected chi connectivity index (χ3v) is 8.18. The molecule has 0 radical (unpaired) electrons. The minimum atomic E-state index is -4.80. The van der Waals surface area contributed by atoms with Crippen molar-refractivity contribution in [2.24, 2.45) is 18.7 Å².